The van der Waals surface area contributed by atoms with Crippen LogP contribution in [-0.2, 0) is 0 Å². The van der Waals surface area contributed by atoms with Crippen LogP contribution in [0.3, 0.4) is 0 Å². The second-order valence-corrected chi connectivity index (χ2v) is 3.41. The van der Waals surface area contributed by atoms with Gasteiger partial charge < -0.3 is 11.5 Å². The van der Waals surface area contributed by atoms with Crippen molar-refractivity contribution in [3.63, 3.8) is 0 Å². The molecular weight excluding hydrogens is 138 g/mol. The van der Waals surface area contributed by atoms with Crippen LogP contribution in [-0.4, -0.2) is 17.8 Å². The first kappa shape index (κ1) is 7.00. The van der Waals surface area contributed by atoms with E-state index in [-0.39, 0.29) is 11.6 Å². The Balaban J connectivity index is 2.22. The lowest BCUT2D eigenvalue weighted by atomic mass is 9.86. The number of aliphatic imine (C=N–C) groups is 1. The third kappa shape index (κ3) is 1.01. The zero-order chi connectivity index (χ0) is 7.90. The molecule has 1 saturated carbocycles. The van der Waals surface area contributed by atoms with E-state index in [0.29, 0.717) is 5.92 Å². The fourth-order valence-corrected chi connectivity index (χ4v) is 1.55. The van der Waals surface area contributed by atoms with Gasteiger partial charge in [-0.2, -0.15) is 0 Å². The summed E-state index contributed by atoms with van der Waals surface area (Å²) in [6.45, 7) is 0. The van der Waals surface area contributed by atoms with Gasteiger partial charge in [0.25, 0.3) is 0 Å². The van der Waals surface area contributed by atoms with Gasteiger partial charge in [-0.1, -0.05) is 0 Å². The second-order valence-electron chi connectivity index (χ2n) is 3.41. The minimum Gasteiger partial charge on any atom is -0.321 e. The van der Waals surface area contributed by atoms with Gasteiger partial charge in [0.2, 0.25) is 0 Å². The molecule has 1 heterocycles. The molecule has 4 N–H and O–H groups in total. The lowest BCUT2D eigenvalue weighted by Gasteiger charge is -2.31. The molecule has 3 nitrogen and oxygen atoms in total. The van der Waals surface area contributed by atoms with Crippen LogP contribution in [0, 0.1) is 5.92 Å². The van der Waals surface area contributed by atoms with Crippen molar-refractivity contribution in [1.82, 2.24) is 0 Å². The number of hydrogen-bond donors (Lipinski definition) is 2. The molecule has 0 spiro atoms. The first-order valence-electron chi connectivity index (χ1n) is 3.99. The molecular formula is C8H13N3. The van der Waals surface area contributed by atoms with E-state index in [1.54, 1.807) is 12.4 Å². The molecule has 60 valence electrons. The van der Waals surface area contributed by atoms with Crippen LogP contribution in [0.25, 0.3) is 0 Å². The predicted molar refractivity (Wildman–Crippen MR) is 45.2 cm³/mol. The van der Waals surface area contributed by atoms with Crippen molar-refractivity contribution < 1.29 is 0 Å². The lowest BCUT2D eigenvalue weighted by Crippen LogP contribution is -2.57. The van der Waals surface area contributed by atoms with Gasteiger partial charge in [0.1, 0.15) is 0 Å². The molecule has 0 aromatic heterocycles. The number of nitrogens with zero attached hydrogens (tertiary/aromatic N) is 1. The van der Waals surface area contributed by atoms with Gasteiger partial charge in [0, 0.05) is 12.4 Å². The van der Waals surface area contributed by atoms with E-state index >= 15 is 0 Å². The molecule has 11 heavy (non-hydrogen) atoms. The minimum absolute atomic E-state index is 0.0972. The van der Waals surface area contributed by atoms with Crippen molar-refractivity contribution in [3.05, 3.63) is 12.3 Å². The Morgan fingerprint density at radius 3 is 2.73 bits per heavy atom. The maximum atomic E-state index is 6.10. The summed E-state index contributed by atoms with van der Waals surface area (Å²) in [7, 11) is 0. The fourth-order valence-electron chi connectivity index (χ4n) is 1.55. The molecule has 2 atom stereocenters. The van der Waals surface area contributed by atoms with E-state index in [1.165, 1.54) is 12.8 Å². The highest BCUT2D eigenvalue weighted by Gasteiger charge is 2.44. The van der Waals surface area contributed by atoms with Crippen LogP contribution in [0.2, 0.25) is 0 Å². The molecule has 0 aromatic carbocycles. The van der Waals surface area contributed by atoms with Crippen molar-refractivity contribution >= 4 is 6.21 Å². The van der Waals surface area contributed by atoms with E-state index in [1.807, 2.05) is 6.08 Å². The highest BCUT2D eigenvalue weighted by atomic mass is 14.9. The van der Waals surface area contributed by atoms with E-state index in [4.69, 9.17) is 11.5 Å². The Bertz CT molecular complexity index is 217. The first-order valence-corrected chi connectivity index (χ1v) is 3.99. The van der Waals surface area contributed by atoms with Crippen LogP contribution in [0.5, 0.6) is 0 Å². The average Bonchev–Trinajstić information content (AvgIpc) is 2.77. The Kier molecular flexibility index (Phi) is 1.37. The van der Waals surface area contributed by atoms with Gasteiger partial charge in [-0.25, -0.2) is 0 Å². The minimum atomic E-state index is -0.304. The SMILES string of the molecule is NC1C=NC=CC1(N)C1CC1. The first-order chi connectivity index (χ1) is 5.23. The molecule has 0 aromatic rings. The van der Waals surface area contributed by atoms with Gasteiger partial charge >= 0.3 is 0 Å². The van der Waals surface area contributed by atoms with E-state index in [2.05, 4.69) is 4.99 Å². The van der Waals surface area contributed by atoms with E-state index < -0.39 is 0 Å². The number of nitrogens with two attached hydrogens (primary N) is 2. The number of hydrogen-bond acceptors (Lipinski definition) is 3. The number of rotatable bonds is 1. The summed E-state index contributed by atoms with van der Waals surface area (Å²) in [5, 5.41) is 0. The predicted octanol–water partition coefficient (Wildman–Crippen LogP) is 0.0193. The molecule has 0 radical (unpaired) electrons. The Labute approximate surface area is 66.2 Å². The molecule has 3 heteroatoms. The molecule has 2 rings (SSSR count). The average molecular weight is 151 g/mol. The summed E-state index contributed by atoms with van der Waals surface area (Å²) in [6, 6.07) is -0.0972. The monoisotopic (exact) mass is 151 g/mol. The largest absolute Gasteiger partial charge is 0.321 e. The summed E-state index contributed by atoms with van der Waals surface area (Å²) in [5.74, 6) is 0.584. The summed E-state index contributed by atoms with van der Waals surface area (Å²) >= 11 is 0. The molecule has 0 amide bonds. The zero-order valence-electron chi connectivity index (χ0n) is 6.40. The molecule has 1 aliphatic carbocycles. The van der Waals surface area contributed by atoms with Gasteiger partial charge in [-0.15, -0.1) is 0 Å². The molecule has 1 aliphatic heterocycles. The van der Waals surface area contributed by atoms with Gasteiger partial charge in [-0.05, 0) is 24.8 Å². The smallest absolute Gasteiger partial charge is 0.0622 e. The highest BCUT2D eigenvalue weighted by Crippen LogP contribution is 2.40. The summed E-state index contributed by atoms with van der Waals surface area (Å²) in [6.07, 6.45) is 7.85. The fraction of sp³-hybridized carbons (Fsp3) is 0.625. The zero-order valence-corrected chi connectivity index (χ0v) is 6.40. The van der Waals surface area contributed by atoms with Crippen molar-refractivity contribution in [2.45, 2.75) is 24.4 Å². The van der Waals surface area contributed by atoms with Crippen molar-refractivity contribution in [2.75, 3.05) is 0 Å². The quantitative estimate of drug-likeness (QED) is 0.555. The van der Waals surface area contributed by atoms with Crippen LogP contribution in [0.4, 0.5) is 0 Å². The Morgan fingerprint density at radius 1 is 1.45 bits per heavy atom. The van der Waals surface area contributed by atoms with Crippen molar-refractivity contribution in [1.29, 1.82) is 0 Å². The maximum absolute atomic E-state index is 6.10. The lowest BCUT2D eigenvalue weighted by molar-refractivity contribution is 0.432. The van der Waals surface area contributed by atoms with Crippen LogP contribution >= 0.6 is 0 Å². The van der Waals surface area contributed by atoms with Crippen LogP contribution in [0.1, 0.15) is 12.8 Å². The molecule has 0 saturated heterocycles. The Hall–Kier alpha value is -0.670. The van der Waals surface area contributed by atoms with E-state index in [9.17, 15) is 0 Å². The standard InChI is InChI=1S/C8H13N3/c9-7-5-11-4-3-8(7,10)6-1-2-6/h3-7H,1-2,9-10H2. The van der Waals surface area contributed by atoms with E-state index in [0.717, 1.165) is 0 Å². The van der Waals surface area contributed by atoms with Gasteiger partial charge in [-0.3, -0.25) is 4.99 Å². The van der Waals surface area contributed by atoms with Crippen molar-refractivity contribution in [2.24, 2.45) is 22.4 Å². The van der Waals surface area contributed by atoms with Gasteiger partial charge in [0.05, 0.1) is 11.6 Å². The third-order valence-electron chi connectivity index (χ3n) is 2.56. The normalized spacial score (nSPS) is 42.9. The van der Waals surface area contributed by atoms with Crippen molar-refractivity contribution in [3.8, 4) is 0 Å². The summed E-state index contributed by atoms with van der Waals surface area (Å²) in [5.41, 5.74) is 11.6. The third-order valence-corrected chi connectivity index (χ3v) is 2.56. The summed E-state index contributed by atoms with van der Waals surface area (Å²) < 4.78 is 0. The molecule has 2 aliphatic rings. The second kappa shape index (κ2) is 2.16. The Morgan fingerprint density at radius 2 is 2.18 bits per heavy atom. The maximum Gasteiger partial charge on any atom is 0.0622 e. The topological polar surface area (TPSA) is 64.4 Å². The van der Waals surface area contributed by atoms with Gasteiger partial charge in [0.15, 0.2) is 0 Å². The highest BCUT2D eigenvalue weighted by molar-refractivity contribution is 5.70. The van der Waals surface area contributed by atoms with Crippen LogP contribution in [0.15, 0.2) is 17.3 Å². The molecule has 2 unspecified atom stereocenters. The van der Waals surface area contributed by atoms with Crippen LogP contribution < -0.4 is 11.5 Å². The summed E-state index contributed by atoms with van der Waals surface area (Å²) in [4.78, 5) is 3.95. The molecule has 1 fully saturated rings. The molecule has 0 bridgehead atoms.